The number of fused-ring (bicyclic) bond motifs is 1. The lowest BCUT2D eigenvalue weighted by Gasteiger charge is -2.21. The molecule has 3 aromatic rings. The van der Waals surface area contributed by atoms with Crippen LogP contribution in [0.1, 0.15) is 24.5 Å². The molecule has 0 saturated heterocycles. The van der Waals surface area contributed by atoms with Gasteiger partial charge >= 0.3 is 0 Å². The lowest BCUT2D eigenvalue weighted by Crippen LogP contribution is -2.30. The molecule has 1 heterocycles. The van der Waals surface area contributed by atoms with E-state index in [2.05, 4.69) is 29.2 Å². The zero-order chi connectivity index (χ0) is 16.1. The van der Waals surface area contributed by atoms with Crippen LogP contribution < -0.4 is 0 Å². The molecular weight excluding hydrogens is 284 g/mol. The average molecular weight is 306 g/mol. The van der Waals surface area contributed by atoms with Gasteiger partial charge in [-0.05, 0) is 30.5 Å². The highest BCUT2D eigenvalue weighted by Gasteiger charge is 2.13. The van der Waals surface area contributed by atoms with Gasteiger partial charge in [-0.3, -0.25) is 4.79 Å². The lowest BCUT2D eigenvalue weighted by molar-refractivity contribution is -0.131. The van der Waals surface area contributed by atoms with E-state index in [9.17, 15) is 4.79 Å². The summed E-state index contributed by atoms with van der Waals surface area (Å²) in [5.41, 5.74) is 3.52. The lowest BCUT2D eigenvalue weighted by atomic mass is 10.1. The fraction of sp³-hybridized carbons (Fsp3) is 0.250. The van der Waals surface area contributed by atoms with Crippen LogP contribution in [0.15, 0.2) is 60.8 Å². The minimum absolute atomic E-state index is 0.210. The van der Waals surface area contributed by atoms with Gasteiger partial charge in [0.05, 0.1) is 0 Å². The second kappa shape index (κ2) is 7.14. The van der Waals surface area contributed by atoms with E-state index in [0.29, 0.717) is 13.0 Å². The Kier molecular flexibility index (Phi) is 4.77. The van der Waals surface area contributed by atoms with E-state index in [1.807, 2.05) is 48.4 Å². The summed E-state index contributed by atoms with van der Waals surface area (Å²) in [6, 6.07) is 18.4. The first kappa shape index (κ1) is 15.3. The van der Waals surface area contributed by atoms with Gasteiger partial charge in [-0.2, -0.15) is 0 Å². The number of hydrogen-bond acceptors (Lipinski definition) is 1. The zero-order valence-corrected chi connectivity index (χ0v) is 13.5. The number of hydrogen-bond donors (Lipinski definition) is 1. The number of carbonyl (C=O) groups is 1. The van der Waals surface area contributed by atoms with Crippen LogP contribution in [-0.2, 0) is 17.8 Å². The van der Waals surface area contributed by atoms with E-state index in [1.54, 1.807) is 0 Å². The minimum Gasteiger partial charge on any atom is -0.361 e. The summed E-state index contributed by atoms with van der Waals surface area (Å²) in [6.07, 6.45) is 3.34. The van der Waals surface area contributed by atoms with Crippen molar-refractivity contribution in [2.24, 2.45) is 0 Å². The quantitative estimate of drug-likeness (QED) is 0.729. The number of aromatic amines is 1. The maximum Gasteiger partial charge on any atom is 0.223 e. The maximum absolute atomic E-state index is 12.5. The molecule has 118 valence electrons. The normalized spacial score (nSPS) is 10.8. The van der Waals surface area contributed by atoms with Gasteiger partial charge in [-0.15, -0.1) is 0 Å². The van der Waals surface area contributed by atoms with Crippen molar-refractivity contribution in [3.8, 4) is 0 Å². The van der Waals surface area contributed by atoms with Crippen LogP contribution in [0, 0.1) is 0 Å². The van der Waals surface area contributed by atoms with Crippen molar-refractivity contribution < 1.29 is 4.79 Å². The molecule has 3 rings (SSSR count). The van der Waals surface area contributed by atoms with Gasteiger partial charge in [0.2, 0.25) is 5.91 Å². The summed E-state index contributed by atoms with van der Waals surface area (Å²) < 4.78 is 0. The smallest absolute Gasteiger partial charge is 0.223 e. The number of nitrogens with one attached hydrogen (secondary N) is 1. The Bertz CT molecular complexity index is 776. The first-order valence-corrected chi connectivity index (χ1v) is 8.14. The third-order valence-corrected chi connectivity index (χ3v) is 4.23. The fourth-order valence-corrected chi connectivity index (χ4v) is 2.92. The number of benzene rings is 2. The number of nitrogens with zero attached hydrogens (tertiary/aromatic N) is 1. The molecule has 0 aliphatic carbocycles. The summed E-state index contributed by atoms with van der Waals surface area (Å²) in [4.78, 5) is 17.7. The Balaban J connectivity index is 1.63. The van der Waals surface area contributed by atoms with Crippen LogP contribution in [0.4, 0.5) is 0 Å². The summed E-state index contributed by atoms with van der Waals surface area (Å²) in [6.45, 7) is 3.46. The Morgan fingerprint density at radius 2 is 1.78 bits per heavy atom. The number of carbonyl (C=O) groups excluding carboxylic acids is 1. The molecule has 0 radical (unpaired) electrons. The molecule has 0 atom stereocenters. The van der Waals surface area contributed by atoms with Crippen molar-refractivity contribution in [1.29, 1.82) is 0 Å². The van der Waals surface area contributed by atoms with Gasteiger partial charge in [0.1, 0.15) is 0 Å². The zero-order valence-electron chi connectivity index (χ0n) is 13.5. The molecule has 3 heteroatoms. The maximum atomic E-state index is 12.5. The van der Waals surface area contributed by atoms with Crippen molar-refractivity contribution in [3.63, 3.8) is 0 Å². The van der Waals surface area contributed by atoms with E-state index in [-0.39, 0.29) is 5.91 Å². The molecule has 0 saturated carbocycles. The summed E-state index contributed by atoms with van der Waals surface area (Å²) in [7, 11) is 0. The van der Waals surface area contributed by atoms with Crippen molar-refractivity contribution in [1.82, 2.24) is 9.88 Å². The fourth-order valence-electron chi connectivity index (χ4n) is 2.92. The highest BCUT2D eigenvalue weighted by molar-refractivity contribution is 5.84. The molecule has 2 aromatic carbocycles. The van der Waals surface area contributed by atoms with Crippen molar-refractivity contribution >= 4 is 16.8 Å². The molecule has 0 bridgehead atoms. The predicted octanol–water partition coefficient (Wildman–Crippen LogP) is 4.15. The number of para-hydroxylation sites is 1. The SMILES string of the molecule is CCN(Cc1ccccc1)C(=O)CCc1c[nH]c2ccccc12. The molecule has 3 nitrogen and oxygen atoms in total. The first-order chi connectivity index (χ1) is 11.3. The van der Waals surface area contributed by atoms with Crippen LogP contribution in [0.5, 0.6) is 0 Å². The summed E-state index contributed by atoms with van der Waals surface area (Å²) in [5.74, 6) is 0.210. The van der Waals surface area contributed by atoms with E-state index in [1.165, 1.54) is 16.5 Å². The second-order valence-corrected chi connectivity index (χ2v) is 5.75. The van der Waals surface area contributed by atoms with Crippen molar-refractivity contribution in [3.05, 3.63) is 71.9 Å². The van der Waals surface area contributed by atoms with Crippen molar-refractivity contribution in [2.75, 3.05) is 6.54 Å². The molecule has 1 N–H and O–H groups in total. The van der Waals surface area contributed by atoms with Gasteiger partial charge < -0.3 is 9.88 Å². The molecule has 0 aliphatic rings. The van der Waals surface area contributed by atoms with E-state index < -0.39 is 0 Å². The van der Waals surface area contributed by atoms with Crippen LogP contribution in [0.3, 0.4) is 0 Å². The average Bonchev–Trinajstić information content (AvgIpc) is 3.01. The van der Waals surface area contributed by atoms with Gasteiger partial charge in [0.25, 0.3) is 0 Å². The highest BCUT2D eigenvalue weighted by Crippen LogP contribution is 2.19. The number of H-pyrrole nitrogens is 1. The summed E-state index contributed by atoms with van der Waals surface area (Å²) in [5, 5.41) is 1.21. The molecule has 1 aromatic heterocycles. The van der Waals surface area contributed by atoms with E-state index in [0.717, 1.165) is 18.5 Å². The molecule has 0 spiro atoms. The van der Waals surface area contributed by atoms with Crippen LogP contribution >= 0.6 is 0 Å². The van der Waals surface area contributed by atoms with E-state index in [4.69, 9.17) is 0 Å². The number of rotatable bonds is 6. The monoisotopic (exact) mass is 306 g/mol. The highest BCUT2D eigenvalue weighted by atomic mass is 16.2. The number of amides is 1. The van der Waals surface area contributed by atoms with Crippen molar-refractivity contribution in [2.45, 2.75) is 26.3 Å². The van der Waals surface area contributed by atoms with Crippen LogP contribution in [0.25, 0.3) is 10.9 Å². The van der Waals surface area contributed by atoms with Crippen LogP contribution in [0.2, 0.25) is 0 Å². The largest absolute Gasteiger partial charge is 0.361 e. The minimum atomic E-state index is 0.210. The second-order valence-electron chi connectivity index (χ2n) is 5.75. The Morgan fingerprint density at radius 1 is 1.04 bits per heavy atom. The van der Waals surface area contributed by atoms with Gasteiger partial charge in [0, 0.05) is 36.6 Å². The first-order valence-electron chi connectivity index (χ1n) is 8.14. The third kappa shape index (κ3) is 3.62. The standard InChI is InChI=1S/C20H22N2O/c1-2-22(15-16-8-4-3-5-9-16)20(23)13-12-17-14-21-19-11-7-6-10-18(17)19/h3-11,14,21H,2,12-13,15H2,1H3. The predicted molar refractivity (Wildman–Crippen MR) is 94.2 cm³/mol. The molecular formula is C20H22N2O. The van der Waals surface area contributed by atoms with Crippen LogP contribution in [-0.4, -0.2) is 22.3 Å². The van der Waals surface area contributed by atoms with Gasteiger partial charge in [0.15, 0.2) is 0 Å². The Labute approximate surface area is 136 Å². The molecule has 0 fully saturated rings. The number of aromatic nitrogens is 1. The topological polar surface area (TPSA) is 36.1 Å². The van der Waals surface area contributed by atoms with Gasteiger partial charge in [-0.1, -0.05) is 48.5 Å². The Hall–Kier alpha value is -2.55. The molecule has 23 heavy (non-hydrogen) atoms. The summed E-state index contributed by atoms with van der Waals surface area (Å²) >= 11 is 0. The van der Waals surface area contributed by atoms with Gasteiger partial charge in [-0.25, -0.2) is 0 Å². The molecule has 1 amide bonds. The molecule has 0 aliphatic heterocycles. The molecule has 0 unspecified atom stereocenters. The van der Waals surface area contributed by atoms with E-state index >= 15 is 0 Å². The third-order valence-electron chi connectivity index (χ3n) is 4.23. The number of aryl methyl sites for hydroxylation is 1. The Morgan fingerprint density at radius 3 is 2.57 bits per heavy atom.